The number of anilines is 1. The maximum Gasteiger partial charge on any atom is 0.205 e. The lowest BCUT2D eigenvalue weighted by Gasteiger charge is -2.34. The Kier molecular flexibility index (Phi) is 5.86. The number of piperidine rings is 1. The van der Waals surface area contributed by atoms with Crippen LogP contribution in [0, 0.1) is 5.92 Å². The summed E-state index contributed by atoms with van der Waals surface area (Å²) in [7, 11) is 0. The molecule has 1 unspecified atom stereocenters. The molecule has 2 heterocycles. The molecule has 0 amide bonds. The van der Waals surface area contributed by atoms with Gasteiger partial charge in [0.2, 0.25) is 5.95 Å². The molecule has 0 aliphatic carbocycles. The monoisotopic (exact) mass is 280 g/mol. The average molecular weight is 280 g/mol. The van der Waals surface area contributed by atoms with Crippen LogP contribution in [0.4, 0.5) is 5.95 Å². The molecule has 1 aliphatic heterocycles. The van der Waals surface area contributed by atoms with Crippen molar-refractivity contribution in [2.24, 2.45) is 11.7 Å². The van der Waals surface area contributed by atoms with E-state index in [9.17, 15) is 0 Å². The first-order valence-electron chi connectivity index (χ1n) is 7.81. The fraction of sp³-hybridized carbons (Fsp3) is 0.800. The lowest BCUT2D eigenvalue weighted by Crippen LogP contribution is -2.40. The van der Waals surface area contributed by atoms with E-state index in [0.29, 0.717) is 12.0 Å². The lowest BCUT2D eigenvalue weighted by molar-refractivity contribution is 0.141. The number of aromatic nitrogens is 2. The number of hydrogen-bond donors (Lipinski definition) is 1. The second-order valence-electron chi connectivity index (χ2n) is 5.65. The highest BCUT2D eigenvalue weighted by molar-refractivity contribution is 5.31. The summed E-state index contributed by atoms with van der Waals surface area (Å²) >= 11 is 0. The molecule has 1 fully saturated rings. The first-order chi connectivity index (χ1) is 9.72. The zero-order valence-electron chi connectivity index (χ0n) is 12.8. The lowest BCUT2D eigenvalue weighted by atomic mass is 9.91. The van der Waals surface area contributed by atoms with Gasteiger partial charge in [-0.25, -0.2) is 4.98 Å². The van der Waals surface area contributed by atoms with E-state index in [4.69, 9.17) is 10.5 Å². The number of nitrogens with zero attached hydrogens (tertiary/aromatic N) is 3. The Morgan fingerprint density at radius 1 is 1.45 bits per heavy atom. The maximum absolute atomic E-state index is 6.00. The molecule has 0 aromatic carbocycles. The van der Waals surface area contributed by atoms with E-state index in [0.717, 1.165) is 45.2 Å². The van der Waals surface area contributed by atoms with Gasteiger partial charge >= 0.3 is 0 Å². The Labute approximate surface area is 122 Å². The molecule has 2 rings (SSSR count). The molecule has 1 atom stereocenters. The van der Waals surface area contributed by atoms with Crippen LogP contribution in [0.2, 0.25) is 0 Å². The molecule has 5 nitrogen and oxygen atoms in total. The van der Waals surface area contributed by atoms with Gasteiger partial charge in [0.1, 0.15) is 0 Å². The minimum Gasteiger partial charge on any atom is -0.382 e. The van der Waals surface area contributed by atoms with Crippen LogP contribution in [0.15, 0.2) is 12.4 Å². The highest BCUT2D eigenvalue weighted by Crippen LogP contribution is 2.23. The first-order valence-corrected chi connectivity index (χ1v) is 7.81. The minimum absolute atomic E-state index is 0.308. The van der Waals surface area contributed by atoms with Crippen LogP contribution in [-0.4, -0.2) is 41.9 Å². The van der Waals surface area contributed by atoms with Crippen LogP contribution in [0.25, 0.3) is 0 Å². The van der Waals surface area contributed by atoms with Gasteiger partial charge in [-0.2, -0.15) is 0 Å². The van der Waals surface area contributed by atoms with Gasteiger partial charge in [-0.15, -0.1) is 0 Å². The van der Waals surface area contributed by atoms with Gasteiger partial charge in [-0.05, 0) is 39.0 Å². The summed E-state index contributed by atoms with van der Waals surface area (Å²) in [6.45, 7) is 8.87. The maximum atomic E-state index is 6.00. The minimum atomic E-state index is 0.308. The SMILES string of the molecule is CCOCCCn1ccnc1N1CCC(C(C)N)CC1. The van der Waals surface area contributed by atoms with Gasteiger partial charge in [0, 0.05) is 51.3 Å². The third kappa shape index (κ3) is 3.96. The summed E-state index contributed by atoms with van der Waals surface area (Å²) in [4.78, 5) is 6.91. The average Bonchev–Trinajstić information content (AvgIpc) is 2.92. The predicted octanol–water partition coefficient (Wildman–Crippen LogP) is 1.87. The van der Waals surface area contributed by atoms with E-state index in [1.54, 1.807) is 0 Å². The van der Waals surface area contributed by atoms with Gasteiger partial charge in [-0.3, -0.25) is 0 Å². The van der Waals surface area contributed by atoms with Gasteiger partial charge in [0.05, 0.1) is 0 Å². The number of ether oxygens (including phenoxy) is 1. The number of hydrogen-bond acceptors (Lipinski definition) is 4. The number of aryl methyl sites for hydroxylation is 1. The molecular weight excluding hydrogens is 252 g/mol. The molecule has 1 saturated heterocycles. The Hall–Kier alpha value is -1.07. The number of rotatable bonds is 7. The van der Waals surface area contributed by atoms with Crippen LogP contribution in [0.5, 0.6) is 0 Å². The standard InChI is InChI=1S/C15H28N4O/c1-3-20-12-4-8-18-11-7-17-15(18)19-9-5-14(6-10-19)13(2)16/h7,11,13-14H,3-6,8-10,12,16H2,1-2H3. The highest BCUT2D eigenvalue weighted by Gasteiger charge is 2.23. The van der Waals surface area contributed by atoms with E-state index in [2.05, 4.69) is 27.6 Å². The quantitative estimate of drug-likeness (QED) is 0.775. The molecule has 0 spiro atoms. The smallest absolute Gasteiger partial charge is 0.205 e. The third-order valence-corrected chi connectivity index (χ3v) is 4.15. The van der Waals surface area contributed by atoms with Gasteiger partial charge in [0.25, 0.3) is 0 Å². The zero-order valence-corrected chi connectivity index (χ0v) is 12.8. The Morgan fingerprint density at radius 3 is 2.85 bits per heavy atom. The largest absolute Gasteiger partial charge is 0.382 e. The van der Waals surface area contributed by atoms with Crippen LogP contribution in [0.1, 0.15) is 33.1 Å². The van der Waals surface area contributed by atoms with Crippen molar-refractivity contribution in [3.8, 4) is 0 Å². The van der Waals surface area contributed by atoms with Crippen molar-refractivity contribution in [2.45, 2.75) is 45.7 Å². The van der Waals surface area contributed by atoms with Crippen molar-refractivity contribution in [3.63, 3.8) is 0 Å². The van der Waals surface area contributed by atoms with Gasteiger partial charge in [-0.1, -0.05) is 0 Å². The molecule has 0 radical (unpaired) electrons. The Balaban J connectivity index is 1.85. The fourth-order valence-corrected chi connectivity index (χ4v) is 2.87. The molecule has 1 aliphatic rings. The number of nitrogens with two attached hydrogens (primary N) is 1. The molecule has 0 bridgehead atoms. The van der Waals surface area contributed by atoms with Crippen molar-refractivity contribution in [1.82, 2.24) is 9.55 Å². The zero-order chi connectivity index (χ0) is 14.4. The van der Waals surface area contributed by atoms with E-state index in [-0.39, 0.29) is 0 Å². The van der Waals surface area contributed by atoms with Crippen LogP contribution < -0.4 is 10.6 Å². The topological polar surface area (TPSA) is 56.3 Å². The van der Waals surface area contributed by atoms with Crippen LogP contribution >= 0.6 is 0 Å². The summed E-state index contributed by atoms with van der Waals surface area (Å²) in [6.07, 6.45) is 7.34. The highest BCUT2D eigenvalue weighted by atomic mass is 16.5. The molecule has 2 N–H and O–H groups in total. The molecule has 1 aromatic rings. The number of imidazole rings is 1. The normalized spacial score (nSPS) is 18.4. The summed E-state index contributed by atoms with van der Waals surface area (Å²) < 4.78 is 7.64. The van der Waals surface area contributed by atoms with Crippen LogP contribution in [-0.2, 0) is 11.3 Å². The van der Waals surface area contributed by atoms with Crippen molar-refractivity contribution >= 4 is 5.95 Å². The molecule has 114 valence electrons. The summed E-state index contributed by atoms with van der Waals surface area (Å²) in [6, 6.07) is 0.308. The molecular formula is C15H28N4O. The Morgan fingerprint density at radius 2 is 2.20 bits per heavy atom. The van der Waals surface area contributed by atoms with E-state index in [1.807, 2.05) is 13.1 Å². The fourth-order valence-electron chi connectivity index (χ4n) is 2.87. The molecule has 0 saturated carbocycles. The Bertz CT molecular complexity index is 383. The van der Waals surface area contributed by atoms with Crippen molar-refractivity contribution in [2.75, 3.05) is 31.2 Å². The van der Waals surface area contributed by atoms with E-state index >= 15 is 0 Å². The van der Waals surface area contributed by atoms with Crippen molar-refractivity contribution in [1.29, 1.82) is 0 Å². The first kappa shape index (κ1) is 15.3. The van der Waals surface area contributed by atoms with Crippen molar-refractivity contribution in [3.05, 3.63) is 12.4 Å². The summed E-state index contributed by atoms with van der Waals surface area (Å²) in [5.74, 6) is 1.76. The van der Waals surface area contributed by atoms with E-state index in [1.165, 1.54) is 12.8 Å². The molecule has 1 aromatic heterocycles. The third-order valence-electron chi connectivity index (χ3n) is 4.15. The van der Waals surface area contributed by atoms with Gasteiger partial charge < -0.3 is 19.9 Å². The van der Waals surface area contributed by atoms with E-state index < -0.39 is 0 Å². The second kappa shape index (κ2) is 7.64. The predicted molar refractivity (Wildman–Crippen MR) is 81.9 cm³/mol. The van der Waals surface area contributed by atoms with Crippen molar-refractivity contribution < 1.29 is 4.74 Å². The molecule has 20 heavy (non-hydrogen) atoms. The molecule has 5 heteroatoms. The summed E-state index contributed by atoms with van der Waals surface area (Å²) in [5.41, 5.74) is 6.00. The van der Waals surface area contributed by atoms with Crippen LogP contribution in [0.3, 0.4) is 0 Å². The van der Waals surface area contributed by atoms with Gasteiger partial charge in [0.15, 0.2) is 0 Å². The summed E-state index contributed by atoms with van der Waals surface area (Å²) in [5, 5.41) is 0. The second-order valence-corrected chi connectivity index (χ2v) is 5.65.